The van der Waals surface area contributed by atoms with E-state index < -0.39 is 29.9 Å². The summed E-state index contributed by atoms with van der Waals surface area (Å²) in [6.07, 6.45) is -1.35. The second-order valence-corrected chi connectivity index (χ2v) is 2.67. The van der Waals surface area contributed by atoms with Crippen molar-refractivity contribution in [2.75, 3.05) is 0 Å². The average molecular weight is 188 g/mol. The number of hydrogen-bond donors (Lipinski definition) is 4. The van der Waals surface area contributed by atoms with Crippen molar-refractivity contribution < 1.29 is 18.8 Å². The van der Waals surface area contributed by atoms with Crippen molar-refractivity contribution in [1.82, 2.24) is 21.3 Å². The van der Waals surface area contributed by atoms with E-state index in [9.17, 15) is 18.8 Å². The van der Waals surface area contributed by atoms with Crippen LogP contribution in [0, 0.1) is 0 Å². The summed E-state index contributed by atoms with van der Waals surface area (Å²) >= 11 is 0. The Hall–Kier alpha value is -1.86. The van der Waals surface area contributed by atoms with Crippen LogP contribution in [0.15, 0.2) is 0 Å². The molecule has 0 saturated carbocycles. The molecular weight excluding hydrogens is 183 g/mol. The highest BCUT2D eigenvalue weighted by atomic mass is 19.1. The SMILES string of the molecule is O=C1NC(=O)C2(F)NC(=O)NC2N1. The fourth-order valence-corrected chi connectivity index (χ4v) is 1.19. The Morgan fingerprint density at radius 1 is 1.15 bits per heavy atom. The van der Waals surface area contributed by atoms with E-state index in [0.29, 0.717) is 0 Å². The minimum absolute atomic E-state index is 0.840. The Morgan fingerprint density at radius 3 is 2.46 bits per heavy atom. The molecular formula is C5H5FN4O3. The Balaban J connectivity index is 2.33. The van der Waals surface area contributed by atoms with Gasteiger partial charge in [-0.05, 0) is 0 Å². The molecule has 0 aromatic rings. The number of amides is 5. The minimum Gasteiger partial charge on any atom is -0.313 e. The first-order valence-electron chi connectivity index (χ1n) is 3.42. The van der Waals surface area contributed by atoms with Crippen molar-refractivity contribution >= 4 is 18.0 Å². The lowest BCUT2D eigenvalue weighted by atomic mass is 10.1. The van der Waals surface area contributed by atoms with E-state index in [1.165, 1.54) is 0 Å². The molecule has 0 bridgehead atoms. The van der Waals surface area contributed by atoms with Crippen LogP contribution in [0.25, 0.3) is 0 Å². The Labute approximate surface area is 71.0 Å². The summed E-state index contributed by atoms with van der Waals surface area (Å²) < 4.78 is 13.6. The molecule has 2 fully saturated rings. The first kappa shape index (κ1) is 7.77. The maximum absolute atomic E-state index is 13.6. The lowest BCUT2D eigenvalue weighted by Crippen LogP contribution is -2.70. The number of hydrogen-bond acceptors (Lipinski definition) is 3. The molecule has 2 atom stereocenters. The fraction of sp³-hybridized carbons (Fsp3) is 0.400. The number of nitrogens with one attached hydrogen (secondary N) is 4. The molecule has 0 aromatic carbocycles. The maximum Gasteiger partial charge on any atom is 0.323 e. The summed E-state index contributed by atoms with van der Waals surface area (Å²) in [5, 5.41) is 7.53. The number of fused-ring (bicyclic) bond motifs is 1. The van der Waals surface area contributed by atoms with E-state index in [2.05, 4.69) is 0 Å². The van der Waals surface area contributed by atoms with Gasteiger partial charge in [0.2, 0.25) is 0 Å². The van der Waals surface area contributed by atoms with Crippen molar-refractivity contribution in [3.8, 4) is 0 Å². The van der Waals surface area contributed by atoms with Gasteiger partial charge in [-0.3, -0.25) is 15.4 Å². The van der Waals surface area contributed by atoms with Gasteiger partial charge in [-0.2, -0.15) is 0 Å². The molecule has 0 spiro atoms. The molecule has 4 N–H and O–H groups in total. The van der Waals surface area contributed by atoms with Gasteiger partial charge in [-0.15, -0.1) is 0 Å². The fourth-order valence-electron chi connectivity index (χ4n) is 1.19. The molecule has 0 aromatic heterocycles. The van der Waals surface area contributed by atoms with E-state index in [0.717, 1.165) is 0 Å². The average Bonchev–Trinajstić information content (AvgIpc) is 2.26. The van der Waals surface area contributed by atoms with E-state index >= 15 is 0 Å². The molecule has 2 unspecified atom stereocenters. The van der Waals surface area contributed by atoms with Crippen LogP contribution in [0.2, 0.25) is 0 Å². The van der Waals surface area contributed by atoms with Gasteiger partial charge in [0.15, 0.2) is 6.17 Å². The Morgan fingerprint density at radius 2 is 1.77 bits per heavy atom. The van der Waals surface area contributed by atoms with Crippen molar-refractivity contribution in [3.63, 3.8) is 0 Å². The summed E-state index contributed by atoms with van der Waals surface area (Å²) in [5.41, 5.74) is 0. The quantitative estimate of drug-likeness (QED) is 0.335. The van der Waals surface area contributed by atoms with Crippen LogP contribution in [-0.4, -0.2) is 29.9 Å². The van der Waals surface area contributed by atoms with Crippen molar-refractivity contribution in [2.45, 2.75) is 12.0 Å². The summed E-state index contributed by atoms with van der Waals surface area (Å²) in [7, 11) is 0. The van der Waals surface area contributed by atoms with E-state index in [4.69, 9.17) is 0 Å². The molecule has 2 aliphatic heterocycles. The van der Waals surface area contributed by atoms with Crippen LogP contribution in [0.3, 0.4) is 0 Å². The first-order valence-corrected chi connectivity index (χ1v) is 3.42. The predicted molar refractivity (Wildman–Crippen MR) is 36.0 cm³/mol. The van der Waals surface area contributed by atoms with Gasteiger partial charge in [0.25, 0.3) is 5.91 Å². The molecule has 5 amide bonds. The Bertz CT molecular complexity index is 319. The minimum atomic E-state index is -2.59. The number of halogens is 1. The van der Waals surface area contributed by atoms with Crippen LogP contribution < -0.4 is 21.3 Å². The standard InChI is InChI=1S/C5H5FN4O3/c6-5-1(8-4(13)10-5)7-3(12)9-2(5)11/h1H,(H2,8,10,13)(H2,7,9,11,12). The van der Waals surface area contributed by atoms with Crippen molar-refractivity contribution in [3.05, 3.63) is 0 Å². The Kier molecular flexibility index (Phi) is 1.25. The zero-order valence-corrected chi connectivity index (χ0v) is 6.18. The van der Waals surface area contributed by atoms with Crippen LogP contribution in [-0.2, 0) is 4.79 Å². The number of carbonyl (C=O) groups excluding carboxylic acids is 3. The predicted octanol–water partition coefficient (Wildman–Crippen LogP) is -1.87. The molecule has 2 aliphatic rings. The highest BCUT2D eigenvalue weighted by Gasteiger charge is 2.57. The van der Waals surface area contributed by atoms with Gasteiger partial charge in [-0.25, -0.2) is 14.0 Å². The number of rotatable bonds is 0. The third-order valence-corrected chi connectivity index (χ3v) is 1.80. The van der Waals surface area contributed by atoms with Crippen molar-refractivity contribution in [2.24, 2.45) is 0 Å². The molecule has 70 valence electrons. The number of imide groups is 1. The zero-order chi connectivity index (χ0) is 9.64. The smallest absolute Gasteiger partial charge is 0.313 e. The molecule has 0 radical (unpaired) electrons. The van der Waals surface area contributed by atoms with Crippen molar-refractivity contribution in [1.29, 1.82) is 0 Å². The van der Waals surface area contributed by atoms with Gasteiger partial charge in [0.05, 0.1) is 0 Å². The van der Waals surface area contributed by atoms with Crippen LogP contribution in [0.1, 0.15) is 0 Å². The third-order valence-electron chi connectivity index (χ3n) is 1.80. The van der Waals surface area contributed by atoms with E-state index in [1.54, 1.807) is 10.6 Å². The van der Waals surface area contributed by atoms with Gasteiger partial charge in [0.1, 0.15) is 0 Å². The summed E-state index contributed by atoms with van der Waals surface area (Å²) in [6.45, 7) is 0. The molecule has 2 rings (SSSR count). The number of alkyl halides is 1. The van der Waals surface area contributed by atoms with Gasteiger partial charge >= 0.3 is 17.9 Å². The molecule has 13 heavy (non-hydrogen) atoms. The van der Waals surface area contributed by atoms with Gasteiger partial charge in [0, 0.05) is 0 Å². The summed E-state index contributed by atoms with van der Waals surface area (Å²) in [4.78, 5) is 32.3. The second-order valence-electron chi connectivity index (χ2n) is 2.67. The highest BCUT2D eigenvalue weighted by molar-refractivity contribution is 6.05. The topological polar surface area (TPSA) is 99.3 Å². The van der Waals surface area contributed by atoms with E-state index in [-0.39, 0.29) is 0 Å². The maximum atomic E-state index is 13.6. The van der Waals surface area contributed by atoms with Gasteiger partial charge in [-0.1, -0.05) is 0 Å². The molecule has 2 saturated heterocycles. The first-order chi connectivity index (χ1) is 6.02. The summed E-state index contributed by atoms with van der Waals surface area (Å²) in [5.74, 6) is -3.77. The molecule has 0 aliphatic carbocycles. The van der Waals surface area contributed by atoms with Crippen LogP contribution in [0.5, 0.6) is 0 Å². The summed E-state index contributed by atoms with van der Waals surface area (Å²) in [6, 6.07) is -1.68. The highest BCUT2D eigenvalue weighted by Crippen LogP contribution is 2.18. The van der Waals surface area contributed by atoms with E-state index in [1.807, 2.05) is 10.6 Å². The van der Waals surface area contributed by atoms with Crippen LogP contribution in [0.4, 0.5) is 14.0 Å². The lowest BCUT2D eigenvalue weighted by molar-refractivity contribution is -0.135. The molecule has 8 heteroatoms. The third kappa shape index (κ3) is 0.912. The molecule has 7 nitrogen and oxygen atoms in total. The largest absolute Gasteiger partial charge is 0.323 e. The second kappa shape index (κ2) is 2.09. The number of urea groups is 2. The lowest BCUT2D eigenvalue weighted by Gasteiger charge is -2.29. The molecule has 2 heterocycles. The zero-order valence-electron chi connectivity index (χ0n) is 6.18. The normalized spacial score (nSPS) is 37.0. The van der Waals surface area contributed by atoms with Crippen LogP contribution >= 0.6 is 0 Å². The van der Waals surface area contributed by atoms with Gasteiger partial charge < -0.3 is 10.6 Å². The monoisotopic (exact) mass is 188 g/mol. The number of carbonyl (C=O) groups is 3.